The van der Waals surface area contributed by atoms with Crippen molar-refractivity contribution < 1.29 is 35.9 Å². The predicted molar refractivity (Wildman–Crippen MR) is 111 cm³/mol. The van der Waals surface area contributed by atoms with Gasteiger partial charge in [-0.05, 0) is 11.1 Å². The molecule has 0 amide bonds. The number of rotatable bonds is 5. The van der Waals surface area contributed by atoms with E-state index in [9.17, 15) is 35.9 Å². The molecule has 170 valence electrons. The number of carbonyl (C=O) groups is 2. The van der Waals surface area contributed by atoms with E-state index >= 15 is 0 Å². The Morgan fingerprint density at radius 3 is 0.971 bits per heavy atom. The molecule has 4 aromatic carbocycles. The van der Waals surface area contributed by atoms with Crippen LogP contribution in [0.5, 0.6) is 0 Å². The third-order valence-electron chi connectivity index (χ3n) is 5.10. The topological polar surface area (TPSA) is 34.1 Å². The summed E-state index contributed by atoms with van der Waals surface area (Å²) in [6.45, 7) is 0. The van der Waals surface area contributed by atoms with E-state index in [4.69, 9.17) is 0 Å². The number of benzene rings is 4. The lowest BCUT2D eigenvalue weighted by Crippen LogP contribution is -2.08. The lowest BCUT2D eigenvalue weighted by atomic mass is 9.96. The molecule has 0 N–H and O–H groups in total. The SMILES string of the molecule is O=C(c1ccc(-c2ccc(C(=O)c3c(F)cc(F)cc3F)cc2)cc1)c1c(F)cc(F)cc1F. The maximum atomic E-state index is 13.9. The van der Waals surface area contributed by atoms with Crippen molar-refractivity contribution in [3.05, 3.63) is 130 Å². The van der Waals surface area contributed by atoms with Crippen molar-refractivity contribution in [3.63, 3.8) is 0 Å². The molecule has 0 saturated carbocycles. The molecule has 0 fully saturated rings. The van der Waals surface area contributed by atoms with Crippen LogP contribution in [0.25, 0.3) is 11.1 Å². The number of hydrogen-bond donors (Lipinski definition) is 0. The second-order valence-corrected chi connectivity index (χ2v) is 7.30. The third-order valence-corrected chi connectivity index (χ3v) is 5.10. The first-order valence-corrected chi connectivity index (χ1v) is 9.74. The summed E-state index contributed by atoms with van der Waals surface area (Å²) in [6.07, 6.45) is 0. The van der Waals surface area contributed by atoms with Gasteiger partial charge in [0.2, 0.25) is 0 Å². The van der Waals surface area contributed by atoms with Crippen molar-refractivity contribution in [2.24, 2.45) is 0 Å². The van der Waals surface area contributed by atoms with Crippen LogP contribution < -0.4 is 0 Å². The number of hydrogen-bond acceptors (Lipinski definition) is 2. The first kappa shape index (κ1) is 23.0. The van der Waals surface area contributed by atoms with E-state index in [1.54, 1.807) is 0 Å². The zero-order valence-corrected chi connectivity index (χ0v) is 17.0. The van der Waals surface area contributed by atoms with Gasteiger partial charge in [-0.25, -0.2) is 26.3 Å². The predicted octanol–water partition coefficient (Wildman–Crippen LogP) is 6.65. The molecule has 4 aromatic rings. The molecular weight excluding hydrogens is 458 g/mol. The minimum Gasteiger partial charge on any atom is -0.288 e. The molecule has 2 nitrogen and oxygen atoms in total. The zero-order chi connectivity index (χ0) is 24.6. The van der Waals surface area contributed by atoms with Crippen molar-refractivity contribution in [1.29, 1.82) is 0 Å². The van der Waals surface area contributed by atoms with Gasteiger partial charge in [-0.2, -0.15) is 0 Å². The minimum absolute atomic E-state index is 0.0396. The van der Waals surface area contributed by atoms with Gasteiger partial charge >= 0.3 is 0 Å². The van der Waals surface area contributed by atoms with Crippen LogP contribution in [0.4, 0.5) is 26.3 Å². The van der Waals surface area contributed by atoms with Gasteiger partial charge < -0.3 is 0 Å². The van der Waals surface area contributed by atoms with Gasteiger partial charge in [-0.3, -0.25) is 9.59 Å². The summed E-state index contributed by atoms with van der Waals surface area (Å²) < 4.78 is 81.7. The van der Waals surface area contributed by atoms with E-state index in [1.807, 2.05) is 0 Å². The normalized spacial score (nSPS) is 10.9. The first-order valence-electron chi connectivity index (χ1n) is 9.74. The van der Waals surface area contributed by atoms with Crippen molar-refractivity contribution in [2.45, 2.75) is 0 Å². The van der Waals surface area contributed by atoms with Crippen LogP contribution in [0.3, 0.4) is 0 Å². The average Bonchev–Trinajstić information content (AvgIpc) is 2.78. The lowest BCUT2D eigenvalue weighted by molar-refractivity contribution is 0.102. The van der Waals surface area contributed by atoms with Gasteiger partial charge in [0.05, 0.1) is 11.1 Å². The number of halogens is 6. The molecule has 0 radical (unpaired) electrons. The van der Waals surface area contributed by atoms with Gasteiger partial charge in [-0.1, -0.05) is 48.5 Å². The first-order chi connectivity index (χ1) is 16.2. The molecule has 0 atom stereocenters. The fourth-order valence-electron chi connectivity index (χ4n) is 3.44. The summed E-state index contributed by atoms with van der Waals surface area (Å²) in [5, 5.41) is 0. The lowest BCUT2D eigenvalue weighted by Gasteiger charge is -2.08. The van der Waals surface area contributed by atoms with Crippen molar-refractivity contribution in [2.75, 3.05) is 0 Å². The average molecular weight is 470 g/mol. The molecule has 34 heavy (non-hydrogen) atoms. The molecule has 0 aliphatic rings. The van der Waals surface area contributed by atoms with E-state index in [1.165, 1.54) is 48.5 Å². The summed E-state index contributed by atoms with van der Waals surface area (Å²) in [4.78, 5) is 24.9. The second-order valence-electron chi connectivity index (χ2n) is 7.30. The Bertz CT molecular complexity index is 1270. The van der Waals surface area contributed by atoms with E-state index in [0.29, 0.717) is 35.4 Å². The summed E-state index contributed by atoms with van der Waals surface area (Å²) in [6, 6.07) is 12.9. The highest BCUT2D eigenvalue weighted by molar-refractivity contribution is 6.10. The third kappa shape index (κ3) is 4.34. The summed E-state index contributed by atoms with van der Waals surface area (Å²) in [5.41, 5.74) is -0.705. The maximum absolute atomic E-state index is 13.9. The Morgan fingerprint density at radius 1 is 0.441 bits per heavy atom. The van der Waals surface area contributed by atoms with Crippen LogP contribution in [-0.4, -0.2) is 11.6 Å². The molecule has 8 heteroatoms. The largest absolute Gasteiger partial charge is 0.288 e. The van der Waals surface area contributed by atoms with Crippen LogP contribution in [0.1, 0.15) is 31.8 Å². The zero-order valence-electron chi connectivity index (χ0n) is 17.0. The summed E-state index contributed by atoms with van der Waals surface area (Å²) >= 11 is 0. The highest BCUT2D eigenvalue weighted by Crippen LogP contribution is 2.25. The van der Waals surface area contributed by atoms with Crippen LogP contribution >= 0.6 is 0 Å². The van der Waals surface area contributed by atoms with E-state index in [2.05, 4.69) is 0 Å². The molecule has 0 aliphatic heterocycles. The molecular formula is C26H12F6O2. The van der Waals surface area contributed by atoms with Crippen LogP contribution in [0.15, 0.2) is 72.8 Å². The van der Waals surface area contributed by atoms with Crippen molar-refractivity contribution in [1.82, 2.24) is 0 Å². The molecule has 0 aliphatic carbocycles. The highest BCUT2D eigenvalue weighted by atomic mass is 19.2. The van der Waals surface area contributed by atoms with Crippen LogP contribution in [0, 0.1) is 34.9 Å². The van der Waals surface area contributed by atoms with Gasteiger partial charge in [0, 0.05) is 35.4 Å². The number of ketones is 2. The molecule has 4 rings (SSSR count). The van der Waals surface area contributed by atoms with Crippen LogP contribution in [0.2, 0.25) is 0 Å². The van der Waals surface area contributed by atoms with Crippen LogP contribution in [-0.2, 0) is 0 Å². The highest BCUT2D eigenvalue weighted by Gasteiger charge is 2.22. The van der Waals surface area contributed by atoms with Crippen molar-refractivity contribution >= 4 is 11.6 Å². The molecule has 0 saturated heterocycles. The van der Waals surface area contributed by atoms with Crippen molar-refractivity contribution in [3.8, 4) is 11.1 Å². The molecule has 0 bridgehead atoms. The molecule has 0 unspecified atom stereocenters. The fourth-order valence-corrected chi connectivity index (χ4v) is 3.44. The fraction of sp³-hybridized carbons (Fsp3) is 0. The maximum Gasteiger partial charge on any atom is 0.198 e. The van der Waals surface area contributed by atoms with E-state index < -0.39 is 57.6 Å². The monoisotopic (exact) mass is 470 g/mol. The Morgan fingerprint density at radius 2 is 0.706 bits per heavy atom. The Kier molecular flexibility index (Phi) is 6.06. The Hall–Kier alpha value is -4.20. The molecule has 0 spiro atoms. The van der Waals surface area contributed by atoms with Gasteiger partial charge in [-0.15, -0.1) is 0 Å². The smallest absolute Gasteiger partial charge is 0.198 e. The van der Waals surface area contributed by atoms with E-state index in [-0.39, 0.29) is 11.1 Å². The summed E-state index contributed by atoms with van der Waals surface area (Å²) in [7, 11) is 0. The second kappa shape index (κ2) is 8.97. The van der Waals surface area contributed by atoms with Gasteiger partial charge in [0.25, 0.3) is 0 Å². The van der Waals surface area contributed by atoms with E-state index in [0.717, 1.165) is 0 Å². The molecule has 0 heterocycles. The minimum atomic E-state index is -1.32. The van der Waals surface area contributed by atoms with Gasteiger partial charge in [0.1, 0.15) is 34.9 Å². The number of carbonyl (C=O) groups excluding carboxylic acids is 2. The summed E-state index contributed by atoms with van der Waals surface area (Å²) in [5.74, 6) is -9.50. The Labute approximate surface area is 189 Å². The van der Waals surface area contributed by atoms with Gasteiger partial charge in [0.15, 0.2) is 11.6 Å². The standard InChI is InChI=1S/C26H12F6O2/c27-17-9-19(29)23(20(30)10-17)25(33)15-5-1-13(2-6-15)14-3-7-16(8-4-14)26(34)24-21(31)11-18(28)12-22(24)32/h1-12H. The molecule has 0 aromatic heterocycles. The quantitative estimate of drug-likeness (QED) is 0.242. The Balaban J connectivity index is 1.58.